The Bertz CT molecular complexity index is 810. The van der Waals surface area contributed by atoms with E-state index < -0.39 is 21.7 Å². The molecule has 0 heterocycles. The van der Waals surface area contributed by atoms with E-state index in [0.717, 1.165) is 12.1 Å². The van der Waals surface area contributed by atoms with E-state index in [1.807, 2.05) is 0 Å². The second-order valence-electron chi connectivity index (χ2n) is 4.37. The second kappa shape index (κ2) is 5.61. The van der Waals surface area contributed by atoms with Crippen molar-refractivity contribution in [1.29, 1.82) is 0 Å². The van der Waals surface area contributed by atoms with Crippen LogP contribution in [0.25, 0.3) is 0 Å². The van der Waals surface area contributed by atoms with Crippen LogP contribution in [0, 0.1) is 18.6 Å². The molecule has 0 saturated carbocycles. The number of halogens is 3. The molecule has 21 heavy (non-hydrogen) atoms. The third kappa shape index (κ3) is 3.33. The van der Waals surface area contributed by atoms with Crippen LogP contribution in [0.15, 0.2) is 39.7 Å². The van der Waals surface area contributed by atoms with Crippen molar-refractivity contribution in [2.24, 2.45) is 0 Å². The van der Waals surface area contributed by atoms with Crippen LogP contribution in [-0.4, -0.2) is 8.42 Å². The number of benzene rings is 2. The topological polar surface area (TPSA) is 72.2 Å². The molecule has 8 heteroatoms. The van der Waals surface area contributed by atoms with Crippen LogP contribution in [0.2, 0.25) is 0 Å². The molecule has 0 unspecified atom stereocenters. The van der Waals surface area contributed by atoms with E-state index >= 15 is 0 Å². The summed E-state index contributed by atoms with van der Waals surface area (Å²) in [6.07, 6.45) is 0. The third-order valence-electron chi connectivity index (χ3n) is 2.76. The molecule has 2 aromatic carbocycles. The first kappa shape index (κ1) is 15.7. The van der Waals surface area contributed by atoms with Gasteiger partial charge in [0.05, 0.1) is 10.6 Å². The minimum atomic E-state index is -4.03. The molecule has 0 aliphatic rings. The maximum absolute atomic E-state index is 13.5. The Hall–Kier alpha value is -1.67. The van der Waals surface area contributed by atoms with Crippen molar-refractivity contribution in [1.82, 2.24) is 0 Å². The molecule has 4 nitrogen and oxygen atoms in total. The molecule has 0 fully saturated rings. The van der Waals surface area contributed by atoms with Crippen LogP contribution in [0.5, 0.6) is 0 Å². The maximum atomic E-state index is 13.5. The lowest BCUT2D eigenvalue weighted by molar-refractivity contribution is 0.582. The van der Waals surface area contributed by atoms with E-state index in [2.05, 4.69) is 20.7 Å². The van der Waals surface area contributed by atoms with Gasteiger partial charge in [-0.05, 0) is 52.7 Å². The largest absolute Gasteiger partial charge is 0.398 e. The number of anilines is 2. The molecule has 0 bridgehead atoms. The summed E-state index contributed by atoms with van der Waals surface area (Å²) >= 11 is 3.19. The Morgan fingerprint density at radius 2 is 1.86 bits per heavy atom. The lowest BCUT2D eigenvalue weighted by Crippen LogP contribution is -2.15. The number of sulfonamides is 1. The molecule has 0 saturated heterocycles. The molecule has 0 aliphatic carbocycles. The Labute approximate surface area is 129 Å². The minimum absolute atomic E-state index is 0.0769. The Kier molecular flexibility index (Phi) is 4.20. The molecule has 0 atom stereocenters. The van der Waals surface area contributed by atoms with Crippen LogP contribution in [0.1, 0.15) is 5.56 Å². The molecule has 112 valence electrons. The fourth-order valence-corrected chi connectivity index (χ4v) is 3.52. The normalized spacial score (nSPS) is 11.4. The van der Waals surface area contributed by atoms with Crippen molar-refractivity contribution in [2.75, 3.05) is 10.5 Å². The van der Waals surface area contributed by atoms with Gasteiger partial charge in [-0.2, -0.15) is 0 Å². The Morgan fingerprint density at radius 1 is 1.19 bits per heavy atom. The summed E-state index contributed by atoms with van der Waals surface area (Å²) in [6.45, 7) is 1.58. The predicted octanol–water partition coefficient (Wildman–Crippen LogP) is 3.42. The van der Waals surface area contributed by atoms with Gasteiger partial charge in [0, 0.05) is 16.2 Å². The van der Waals surface area contributed by atoms with E-state index in [4.69, 9.17) is 5.73 Å². The highest BCUT2D eigenvalue weighted by atomic mass is 79.9. The van der Waals surface area contributed by atoms with Gasteiger partial charge in [0.1, 0.15) is 11.6 Å². The molecule has 3 N–H and O–H groups in total. The predicted molar refractivity (Wildman–Crippen MR) is 80.5 cm³/mol. The number of nitrogens with one attached hydrogen (secondary N) is 1. The lowest BCUT2D eigenvalue weighted by Gasteiger charge is -2.12. The van der Waals surface area contributed by atoms with Crippen LogP contribution < -0.4 is 10.5 Å². The molecule has 2 aromatic rings. The fraction of sp³-hybridized carbons (Fsp3) is 0.0769. The molecule has 0 radical (unpaired) electrons. The monoisotopic (exact) mass is 376 g/mol. The summed E-state index contributed by atoms with van der Waals surface area (Å²) in [5, 5.41) is 0. The van der Waals surface area contributed by atoms with Crippen molar-refractivity contribution in [3.63, 3.8) is 0 Å². The average Bonchev–Trinajstić information content (AvgIpc) is 2.37. The molecule has 0 spiro atoms. The van der Waals surface area contributed by atoms with Gasteiger partial charge < -0.3 is 5.73 Å². The van der Waals surface area contributed by atoms with Gasteiger partial charge in [0.15, 0.2) is 0 Å². The van der Waals surface area contributed by atoms with Crippen molar-refractivity contribution in [3.8, 4) is 0 Å². The highest BCUT2D eigenvalue weighted by Gasteiger charge is 2.20. The maximum Gasteiger partial charge on any atom is 0.262 e. The molecule has 0 amide bonds. The summed E-state index contributed by atoms with van der Waals surface area (Å²) in [4.78, 5) is -0.0769. The summed E-state index contributed by atoms with van der Waals surface area (Å²) in [7, 11) is -4.03. The first-order valence-electron chi connectivity index (χ1n) is 5.74. The number of nitrogens with two attached hydrogens (primary N) is 1. The summed E-state index contributed by atoms with van der Waals surface area (Å²) in [5.74, 6) is -1.79. The van der Waals surface area contributed by atoms with Crippen LogP contribution >= 0.6 is 15.9 Å². The molecule has 2 rings (SSSR count). The summed E-state index contributed by atoms with van der Waals surface area (Å²) in [5.41, 5.74) is 6.00. The molecule has 0 aromatic heterocycles. The first-order valence-corrected chi connectivity index (χ1v) is 8.02. The zero-order valence-corrected chi connectivity index (χ0v) is 13.2. The molecular formula is C13H11BrF2N2O2S. The summed E-state index contributed by atoms with van der Waals surface area (Å²) < 4.78 is 53.6. The SMILES string of the molecule is Cc1cc(Br)c(N)cc1S(=O)(=O)Nc1ccc(F)cc1F. The average molecular weight is 377 g/mol. The van der Waals surface area contributed by atoms with Gasteiger partial charge in [-0.3, -0.25) is 4.72 Å². The number of hydrogen-bond donors (Lipinski definition) is 2. The van der Waals surface area contributed by atoms with Gasteiger partial charge in [-0.15, -0.1) is 0 Å². The number of aryl methyl sites for hydroxylation is 1. The molecular weight excluding hydrogens is 366 g/mol. The smallest absolute Gasteiger partial charge is 0.262 e. The zero-order valence-electron chi connectivity index (χ0n) is 10.8. The van der Waals surface area contributed by atoms with Gasteiger partial charge in [0.2, 0.25) is 0 Å². The van der Waals surface area contributed by atoms with Crippen molar-refractivity contribution >= 4 is 37.3 Å². The number of rotatable bonds is 3. The Balaban J connectivity index is 2.46. The van der Waals surface area contributed by atoms with E-state index in [1.165, 1.54) is 6.07 Å². The van der Waals surface area contributed by atoms with Crippen LogP contribution in [0.4, 0.5) is 20.2 Å². The van der Waals surface area contributed by atoms with Crippen molar-refractivity contribution in [2.45, 2.75) is 11.8 Å². The second-order valence-corrected chi connectivity index (χ2v) is 6.87. The fourth-order valence-electron chi connectivity index (χ4n) is 1.73. The van der Waals surface area contributed by atoms with Gasteiger partial charge >= 0.3 is 0 Å². The van der Waals surface area contributed by atoms with Gasteiger partial charge in [-0.1, -0.05) is 0 Å². The highest BCUT2D eigenvalue weighted by molar-refractivity contribution is 9.10. The quantitative estimate of drug-likeness (QED) is 0.806. The third-order valence-corrected chi connectivity index (χ3v) is 4.95. The van der Waals surface area contributed by atoms with Gasteiger partial charge in [-0.25, -0.2) is 17.2 Å². The van der Waals surface area contributed by atoms with E-state index in [-0.39, 0.29) is 16.3 Å². The van der Waals surface area contributed by atoms with E-state index in [0.29, 0.717) is 16.1 Å². The van der Waals surface area contributed by atoms with Crippen molar-refractivity contribution in [3.05, 3.63) is 52.0 Å². The van der Waals surface area contributed by atoms with Gasteiger partial charge in [0.25, 0.3) is 10.0 Å². The van der Waals surface area contributed by atoms with Crippen molar-refractivity contribution < 1.29 is 17.2 Å². The lowest BCUT2D eigenvalue weighted by atomic mass is 10.2. The van der Waals surface area contributed by atoms with Crippen LogP contribution in [0.3, 0.4) is 0 Å². The van der Waals surface area contributed by atoms with E-state index in [9.17, 15) is 17.2 Å². The summed E-state index contributed by atoms with van der Waals surface area (Å²) in [6, 6.07) is 5.39. The number of nitrogen functional groups attached to an aromatic ring is 1. The zero-order chi connectivity index (χ0) is 15.8. The molecule has 0 aliphatic heterocycles. The first-order chi connectivity index (χ1) is 9.70. The van der Waals surface area contributed by atoms with Crippen LogP contribution in [-0.2, 0) is 10.0 Å². The highest BCUT2D eigenvalue weighted by Crippen LogP contribution is 2.28. The Morgan fingerprint density at radius 3 is 2.48 bits per heavy atom. The number of hydrogen-bond acceptors (Lipinski definition) is 3. The van der Waals surface area contributed by atoms with E-state index in [1.54, 1.807) is 13.0 Å². The standard InChI is InChI=1S/C13H11BrF2N2O2S/c1-7-4-9(14)11(17)6-13(7)21(19,20)18-12-3-2-8(15)5-10(12)16/h2-6,18H,17H2,1H3. The minimum Gasteiger partial charge on any atom is -0.398 e.